The van der Waals surface area contributed by atoms with Crippen LogP contribution in [0.1, 0.15) is 27.9 Å². The molecule has 2 aromatic carbocycles. The Labute approximate surface area is 151 Å². The number of carbonyl (C=O) groups excluding carboxylic acids is 2. The lowest BCUT2D eigenvalue weighted by molar-refractivity contribution is -0.116. The van der Waals surface area contributed by atoms with E-state index in [0.717, 1.165) is 11.1 Å². The van der Waals surface area contributed by atoms with Crippen molar-refractivity contribution >= 4 is 40.7 Å². The van der Waals surface area contributed by atoms with Crippen molar-refractivity contribution < 1.29 is 9.59 Å². The quantitative estimate of drug-likeness (QED) is 0.833. The third kappa shape index (κ3) is 4.49. The molecule has 2 rings (SSSR count). The minimum Gasteiger partial charge on any atom is -0.355 e. The lowest BCUT2D eigenvalue weighted by Gasteiger charge is -2.13. The van der Waals surface area contributed by atoms with Crippen LogP contribution in [0.5, 0.6) is 0 Å². The molecule has 6 heteroatoms. The average Bonchev–Trinajstić information content (AvgIpc) is 2.53. The van der Waals surface area contributed by atoms with Crippen LogP contribution in [0.2, 0.25) is 10.0 Å². The largest absolute Gasteiger partial charge is 0.355 e. The van der Waals surface area contributed by atoms with E-state index in [1.165, 1.54) is 0 Å². The van der Waals surface area contributed by atoms with Crippen LogP contribution >= 0.6 is 23.2 Å². The Morgan fingerprint density at radius 1 is 1.12 bits per heavy atom. The molecule has 2 aromatic rings. The Morgan fingerprint density at radius 2 is 1.88 bits per heavy atom. The van der Waals surface area contributed by atoms with E-state index < -0.39 is 0 Å². The van der Waals surface area contributed by atoms with Crippen molar-refractivity contribution in [1.29, 1.82) is 0 Å². The molecule has 0 heterocycles. The fraction of sp³-hybridized carbons (Fsp3) is 0.222. The summed E-state index contributed by atoms with van der Waals surface area (Å²) in [5, 5.41) is 6.48. The zero-order chi connectivity index (χ0) is 17.7. The van der Waals surface area contributed by atoms with Gasteiger partial charge in [-0.25, -0.2) is 0 Å². The van der Waals surface area contributed by atoms with Crippen molar-refractivity contribution in [1.82, 2.24) is 5.32 Å². The molecule has 2 N–H and O–H groups in total. The first-order chi connectivity index (χ1) is 11.4. The minimum atomic E-state index is -0.232. The molecule has 0 radical (unpaired) electrons. The molecular weight excluding hydrogens is 347 g/mol. The standard InChI is InChI=1S/C18H18Cl2N2O2/c1-11-4-3-5-15(17(11)18(24)21-2)22-16(23)9-7-12-6-8-13(19)10-14(12)20/h3-6,8,10H,7,9H2,1-2H3,(H,21,24)(H,22,23). The van der Waals surface area contributed by atoms with Crippen LogP contribution in [0.15, 0.2) is 36.4 Å². The number of benzene rings is 2. The summed E-state index contributed by atoms with van der Waals surface area (Å²) >= 11 is 12.0. The second-order valence-corrected chi connectivity index (χ2v) is 6.20. The molecule has 24 heavy (non-hydrogen) atoms. The summed E-state index contributed by atoms with van der Waals surface area (Å²) in [6.07, 6.45) is 0.742. The molecule has 0 aromatic heterocycles. The number of carbonyl (C=O) groups is 2. The van der Waals surface area contributed by atoms with E-state index in [0.29, 0.717) is 27.7 Å². The summed E-state index contributed by atoms with van der Waals surface area (Å²) in [5.74, 6) is -0.416. The van der Waals surface area contributed by atoms with Crippen molar-refractivity contribution in [3.63, 3.8) is 0 Å². The third-order valence-electron chi connectivity index (χ3n) is 3.64. The van der Waals surface area contributed by atoms with Crippen LogP contribution in [-0.4, -0.2) is 18.9 Å². The Kier molecular flexibility index (Phi) is 6.23. The molecule has 2 amide bonds. The fourth-order valence-electron chi connectivity index (χ4n) is 2.38. The van der Waals surface area contributed by atoms with Gasteiger partial charge in [-0.05, 0) is 42.7 Å². The summed E-state index contributed by atoms with van der Waals surface area (Å²) in [6.45, 7) is 1.83. The predicted molar refractivity (Wildman–Crippen MR) is 98.0 cm³/mol. The highest BCUT2D eigenvalue weighted by atomic mass is 35.5. The van der Waals surface area contributed by atoms with Gasteiger partial charge in [-0.1, -0.05) is 41.4 Å². The highest BCUT2D eigenvalue weighted by Gasteiger charge is 2.15. The van der Waals surface area contributed by atoms with Crippen LogP contribution < -0.4 is 10.6 Å². The van der Waals surface area contributed by atoms with Gasteiger partial charge in [-0.15, -0.1) is 0 Å². The highest BCUT2D eigenvalue weighted by Crippen LogP contribution is 2.23. The van der Waals surface area contributed by atoms with Crippen molar-refractivity contribution in [2.75, 3.05) is 12.4 Å². The van der Waals surface area contributed by atoms with E-state index in [1.807, 2.05) is 13.0 Å². The SMILES string of the molecule is CNC(=O)c1c(C)cccc1NC(=O)CCc1ccc(Cl)cc1Cl. The van der Waals surface area contributed by atoms with E-state index in [1.54, 1.807) is 37.4 Å². The van der Waals surface area contributed by atoms with Gasteiger partial charge in [0, 0.05) is 23.5 Å². The predicted octanol–water partition coefficient (Wildman–Crippen LogP) is 4.23. The fourth-order valence-corrected chi connectivity index (χ4v) is 2.89. The van der Waals surface area contributed by atoms with E-state index in [4.69, 9.17) is 23.2 Å². The Morgan fingerprint density at radius 3 is 2.54 bits per heavy atom. The molecule has 4 nitrogen and oxygen atoms in total. The molecule has 0 unspecified atom stereocenters. The van der Waals surface area contributed by atoms with Crippen LogP contribution in [0.3, 0.4) is 0 Å². The maximum absolute atomic E-state index is 12.2. The van der Waals surface area contributed by atoms with Gasteiger partial charge < -0.3 is 10.6 Å². The monoisotopic (exact) mass is 364 g/mol. The van der Waals surface area contributed by atoms with Gasteiger partial charge in [0.15, 0.2) is 0 Å². The first-order valence-corrected chi connectivity index (χ1v) is 8.23. The molecule has 0 aliphatic heterocycles. The van der Waals surface area contributed by atoms with Crippen LogP contribution in [-0.2, 0) is 11.2 Å². The normalized spacial score (nSPS) is 10.3. The third-order valence-corrected chi connectivity index (χ3v) is 4.22. The van der Waals surface area contributed by atoms with Gasteiger partial charge in [-0.3, -0.25) is 9.59 Å². The molecule has 0 saturated carbocycles. The lowest BCUT2D eigenvalue weighted by atomic mass is 10.1. The number of aryl methyl sites for hydroxylation is 2. The van der Waals surface area contributed by atoms with Gasteiger partial charge in [-0.2, -0.15) is 0 Å². The molecule has 0 bridgehead atoms. The van der Waals surface area contributed by atoms with E-state index in [-0.39, 0.29) is 18.2 Å². The second kappa shape index (κ2) is 8.18. The second-order valence-electron chi connectivity index (χ2n) is 5.36. The smallest absolute Gasteiger partial charge is 0.253 e. The summed E-state index contributed by atoms with van der Waals surface area (Å²) in [7, 11) is 1.56. The van der Waals surface area contributed by atoms with Crippen molar-refractivity contribution in [3.8, 4) is 0 Å². The number of anilines is 1. The number of hydrogen-bond donors (Lipinski definition) is 2. The molecule has 0 fully saturated rings. The van der Waals surface area contributed by atoms with E-state index in [2.05, 4.69) is 10.6 Å². The first kappa shape index (κ1) is 18.3. The van der Waals surface area contributed by atoms with E-state index in [9.17, 15) is 9.59 Å². The number of hydrogen-bond acceptors (Lipinski definition) is 2. The molecule has 0 aliphatic rings. The summed E-state index contributed by atoms with van der Waals surface area (Å²) in [6, 6.07) is 10.5. The lowest BCUT2D eigenvalue weighted by Crippen LogP contribution is -2.22. The zero-order valence-electron chi connectivity index (χ0n) is 13.5. The number of rotatable bonds is 5. The number of halogens is 2. The molecule has 0 atom stereocenters. The molecular formula is C18H18Cl2N2O2. The van der Waals surface area contributed by atoms with Gasteiger partial charge in [0.25, 0.3) is 5.91 Å². The Balaban J connectivity index is 2.08. The van der Waals surface area contributed by atoms with Crippen LogP contribution in [0.4, 0.5) is 5.69 Å². The number of amides is 2. The topological polar surface area (TPSA) is 58.2 Å². The maximum Gasteiger partial charge on any atom is 0.253 e. The minimum absolute atomic E-state index is 0.184. The van der Waals surface area contributed by atoms with Crippen molar-refractivity contribution in [2.24, 2.45) is 0 Å². The van der Waals surface area contributed by atoms with E-state index >= 15 is 0 Å². The average molecular weight is 365 g/mol. The first-order valence-electron chi connectivity index (χ1n) is 7.48. The summed E-state index contributed by atoms with van der Waals surface area (Å²) in [4.78, 5) is 24.2. The van der Waals surface area contributed by atoms with Gasteiger partial charge in [0.05, 0.1) is 11.3 Å². The van der Waals surface area contributed by atoms with Crippen LogP contribution in [0, 0.1) is 6.92 Å². The molecule has 0 spiro atoms. The Hall–Kier alpha value is -2.04. The summed E-state index contributed by atoms with van der Waals surface area (Å²) < 4.78 is 0. The van der Waals surface area contributed by atoms with Gasteiger partial charge in [0.2, 0.25) is 5.91 Å². The molecule has 0 aliphatic carbocycles. The summed E-state index contributed by atoms with van der Waals surface area (Å²) in [5.41, 5.74) is 2.62. The van der Waals surface area contributed by atoms with Gasteiger partial charge in [0.1, 0.15) is 0 Å². The van der Waals surface area contributed by atoms with Gasteiger partial charge >= 0.3 is 0 Å². The van der Waals surface area contributed by atoms with Crippen LogP contribution in [0.25, 0.3) is 0 Å². The number of nitrogens with one attached hydrogen (secondary N) is 2. The molecule has 0 saturated heterocycles. The molecule has 126 valence electrons. The zero-order valence-corrected chi connectivity index (χ0v) is 15.0. The highest BCUT2D eigenvalue weighted by molar-refractivity contribution is 6.35. The van der Waals surface area contributed by atoms with Crippen molar-refractivity contribution in [3.05, 3.63) is 63.1 Å². The Bertz CT molecular complexity index is 776. The maximum atomic E-state index is 12.2. The van der Waals surface area contributed by atoms with Crippen molar-refractivity contribution in [2.45, 2.75) is 19.8 Å².